The van der Waals surface area contributed by atoms with Gasteiger partial charge in [-0.15, -0.1) is 0 Å². The lowest BCUT2D eigenvalue weighted by molar-refractivity contribution is -0.140. The summed E-state index contributed by atoms with van der Waals surface area (Å²) in [6, 6.07) is 18.3. The Kier molecular flexibility index (Phi) is 10.9. The highest BCUT2D eigenvalue weighted by Gasteiger charge is 2.34. The summed E-state index contributed by atoms with van der Waals surface area (Å²) >= 11 is 16.0. The molecular weight excluding hydrogens is 649 g/mol. The van der Waals surface area contributed by atoms with E-state index in [2.05, 4.69) is 21.2 Å². The molecule has 0 fully saturated rings. The van der Waals surface area contributed by atoms with Crippen LogP contribution < -0.4 is 9.62 Å². The van der Waals surface area contributed by atoms with Crippen LogP contribution >= 0.6 is 39.1 Å². The topological polar surface area (TPSA) is 86.8 Å². The Balaban J connectivity index is 2.11. The average Bonchev–Trinajstić information content (AvgIpc) is 2.86. The number of hydrogen-bond donors (Lipinski definition) is 1. The van der Waals surface area contributed by atoms with Gasteiger partial charge in [0.25, 0.3) is 0 Å². The Morgan fingerprint density at radius 2 is 1.66 bits per heavy atom. The molecule has 11 heteroatoms. The SMILES string of the molecule is Cc1cc(N(CC(=O)N(Cc2ccc(Cl)cc2Cl)C(Cc2ccccc2)C(=O)NC(C)(C)C)S(C)(=O)=O)ccc1Br. The van der Waals surface area contributed by atoms with E-state index in [4.69, 9.17) is 23.2 Å². The van der Waals surface area contributed by atoms with E-state index in [0.29, 0.717) is 21.3 Å². The maximum atomic E-state index is 14.2. The second-order valence-electron chi connectivity index (χ2n) is 10.9. The zero-order valence-corrected chi connectivity index (χ0v) is 27.5. The first-order chi connectivity index (χ1) is 19.0. The van der Waals surface area contributed by atoms with Gasteiger partial charge in [-0.2, -0.15) is 0 Å². The van der Waals surface area contributed by atoms with Gasteiger partial charge in [0.2, 0.25) is 21.8 Å². The number of hydrogen-bond acceptors (Lipinski definition) is 4. The standard InChI is InChI=1S/C30H34BrCl2N3O4S/c1-20-15-24(13-14-25(20)31)36(41(5,39)40)19-28(37)35(18-22-11-12-23(32)17-26(22)33)27(29(38)34-30(2,3)4)16-21-9-7-6-8-10-21/h6-15,17,27H,16,18-19H2,1-5H3,(H,34,38). The van der Waals surface area contributed by atoms with Crippen molar-refractivity contribution in [2.75, 3.05) is 17.1 Å². The van der Waals surface area contributed by atoms with Crippen molar-refractivity contribution in [1.82, 2.24) is 10.2 Å². The molecule has 1 atom stereocenters. The molecule has 0 aliphatic rings. The predicted octanol–water partition coefficient (Wildman–Crippen LogP) is 6.39. The summed E-state index contributed by atoms with van der Waals surface area (Å²) in [5.74, 6) is -0.933. The molecular formula is C30H34BrCl2N3O4S. The number of nitrogens with one attached hydrogen (secondary N) is 1. The molecule has 0 saturated heterocycles. The molecule has 0 saturated carbocycles. The quantitative estimate of drug-likeness (QED) is 0.269. The molecule has 1 N–H and O–H groups in total. The second kappa shape index (κ2) is 13.6. The third-order valence-electron chi connectivity index (χ3n) is 6.23. The minimum atomic E-state index is -3.87. The fraction of sp³-hybridized carbons (Fsp3) is 0.333. The van der Waals surface area contributed by atoms with Gasteiger partial charge in [0, 0.05) is 33.0 Å². The molecule has 0 heterocycles. The molecule has 7 nitrogen and oxygen atoms in total. The van der Waals surface area contributed by atoms with E-state index < -0.39 is 34.1 Å². The van der Waals surface area contributed by atoms with Crippen molar-refractivity contribution in [3.8, 4) is 0 Å². The summed E-state index contributed by atoms with van der Waals surface area (Å²) in [4.78, 5) is 29.3. The van der Waals surface area contributed by atoms with E-state index in [9.17, 15) is 18.0 Å². The van der Waals surface area contributed by atoms with E-state index >= 15 is 0 Å². The van der Waals surface area contributed by atoms with Gasteiger partial charge in [-0.1, -0.05) is 75.5 Å². The van der Waals surface area contributed by atoms with Crippen molar-refractivity contribution in [2.45, 2.75) is 52.2 Å². The third-order valence-corrected chi connectivity index (χ3v) is 8.85. The van der Waals surface area contributed by atoms with Gasteiger partial charge in [0.1, 0.15) is 12.6 Å². The first-order valence-corrected chi connectivity index (χ1v) is 16.3. The zero-order valence-electron chi connectivity index (χ0n) is 23.6. The van der Waals surface area contributed by atoms with Gasteiger partial charge in [-0.25, -0.2) is 8.42 Å². The number of anilines is 1. The van der Waals surface area contributed by atoms with Crippen molar-refractivity contribution < 1.29 is 18.0 Å². The first-order valence-electron chi connectivity index (χ1n) is 12.9. The minimum Gasteiger partial charge on any atom is -0.350 e. The van der Waals surface area contributed by atoms with Crippen molar-refractivity contribution in [3.63, 3.8) is 0 Å². The van der Waals surface area contributed by atoms with E-state index in [1.165, 1.54) is 4.90 Å². The second-order valence-corrected chi connectivity index (χ2v) is 14.5. The summed E-state index contributed by atoms with van der Waals surface area (Å²) in [7, 11) is -3.87. The van der Waals surface area contributed by atoms with E-state index in [-0.39, 0.29) is 18.9 Å². The molecule has 41 heavy (non-hydrogen) atoms. The zero-order chi connectivity index (χ0) is 30.5. The summed E-state index contributed by atoms with van der Waals surface area (Å²) in [6.07, 6.45) is 1.25. The minimum absolute atomic E-state index is 0.0408. The maximum absolute atomic E-state index is 14.2. The molecule has 0 spiro atoms. The third kappa shape index (κ3) is 9.46. The molecule has 0 aliphatic heterocycles. The largest absolute Gasteiger partial charge is 0.350 e. The molecule has 0 aliphatic carbocycles. The molecule has 0 aromatic heterocycles. The summed E-state index contributed by atoms with van der Waals surface area (Å²) in [6.45, 7) is 6.84. The summed E-state index contributed by atoms with van der Waals surface area (Å²) in [5.41, 5.74) is 1.97. The van der Waals surface area contributed by atoms with Crippen LogP contribution in [0.25, 0.3) is 0 Å². The molecule has 220 valence electrons. The molecule has 0 bridgehead atoms. The molecule has 3 aromatic rings. The Morgan fingerprint density at radius 3 is 2.22 bits per heavy atom. The van der Waals surface area contributed by atoms with Crippen LogP contribution in [0.15, 0.2) is 71.2 Å². The van der Waals surface area contributed by atoms with Gasteiger partial charge in [0.05, 0.1) is 11.9 Å². The Morgan fingerprint density at radius 1 is 1.00 bits per heavy atom. The highest BCUT2D eigenvalue weighted by molar-refractivity contribution is 9.10. The van der Waals surface area contributed by atoms with Crippen molar-refractivity contribution in [2.24, 2.45) is 0 Å². The van der Waals surface area contributed by atoms with E-state index in [0.717, 1.165) is 26.2 Å². The fourth-order valence-corrected chi connectivity index (χ4v) is 5.79. The normalized spacial score (nSPS) is 12.5. The number of benzene rings is 3. The first kappa shape index (κ1) is 32.9. The average molecular weight is 683 g/mol. The fourth-order valence-electron chi connectivity index (χ4n) is 4.24. The number of sulfonamides is 1. The number of nitrogens with zero attached hydrogens (tertiary/aromatic N) is 2. The lowest BCUT2D eigenvalue weighted by atomic mass is 10.0. The number of halogens is 3. The van der Waals surface area contributed by atoms with Gasteiger partial charge in [0.15, 0.2) is 0 Å². The Labute approximate surface area is 261 Å². The molecule has 3 aromatic carbocycles. The van der Waals surface area contributed by atoms with Crippen LogP contribution in [0.2, 0.25) is 10.0 Å². The Hall–Kier alpha value is -2.59. The molecule has 2 amide bonds. The number of carbonyl (C=O) groups excluding carboxylic acids is 2. The smallest absolute Gasteiger partial charge is 0.244 e. The van der Waals surface area contributed by atoms with Gasteiger partial charge in [-0.05, 0) is 74.7 Å². The maximum Gasteiger partial charge on any atom is 0.244 e. The monoisotopic (exact) mass is 681 g/mol. The molecule has 0 radical (unpaired) electrons. The number of rotatable bonds is 10. The predicted molar refractivity (Wildman–Crippen MR) is 170 cm³/mol. The van der Waals surface area contributed by atoms with Crippen LogP contribution in [-0.2, 0) is 32.6 Å². The van der Waals surface area contributed by atoms with Gasteiger partial charge < -0.3 is 10.2 Å². The van der Waals surface area contributed by atoms with Crippen molar-refractivity contribution >= 4 is 66.7 Å². The van der Waals surface area contributed by atoms with Crippen molar-refractivity contribution in [1.29, 1.82) is 0 Å². The van der Waals surface area contributed by atoms with Gasteiger partial charge >= 0.3 is 0 Å². The summed E-state index contributed by atoms with van der Waals surface area (Å²) in [5, 5.41) is 3.74. The van der Waals surface area contributed by atoms with E-state index in [1.807, 2.05) is 58.0 Å². The highest BCUT2D eigenvalue weighted by atomic mass is 79.9. The lowest BCUT2D eigenvalue weighted by Gasteiger charge is -2.35. The van der Waals surface area contributed by atoms with Gasteiger partial charge in [-0.3, -0.25) is 13.9 Å². The van der Waals surface area contributed by atoms with Crippen molar-refractivity contribution in [3.05, 3.63) is 97.9 Å². The summed E-state index contributed by atoms with van der Waals surface area (Å²) < 4.78 is 27.7. The molecule has 1 unspecified atom stereocenters. The number of carbonyl (C=O) groups is 2. The molecule has 3 rings (SSSR count). The number of aryl methyl sites for hydroxylation is 1. The van der Waals surface area contributed by atoms with Crippen LogP contribution in [0.4, 0.5) is 5.69 Å². The Bertz CT molecular complexity index is 1510. The van der Waals surface area contributed by atoms with Crippen LogP contribution in [0.3, 0.4) is 0 Å². The van der Waals surface area contributed by atoms with Crippen LogP contribution in [-0.4, -0.2) is 49.5 Å². The van der Waals surface area contributed by atoms with Crippen LogP contribution in [0.5, 0.6) is 0 Å². The van der Waals surface area contributed by atoms with Crippen LogP contribution in [0.1, 0.15) is 37.5 Å². The van der Waals surface area contributed by atoms with Crippen LogP contribution in [0, 0.1) is 6.92 Å². The lowest BCUT2D eigenvalue weighted by Crippen LogP contribution is -2.56. The number of amides is 2. The van der Waals surface area contributed by atoms with E-state index in [1.54, 1.807) is 36.4 Å². The highest BCUT2D eigenvalue weighted by Crippen LogP contribution is 2.27.